The Morgan fingerprint density at radius 2 is 2.29 bits per heavy atom. The molecule has 1 atom stereocenters. The van der Waals surface area contributed by atoms with Crippen LogP contribution in [-0.4, -0.2) is 26.4 Å². The first-order chi connectivity index (χ1) is 8.13. The summed E-state index contributed by atoms with van der Waals surface area (Å²) in [5.74, 6) is -0.537. The zero-order chi connectivity index (χ0) is 12.7. The second-order valence-corrected chi connectivity index (χ2v) is 3.59. The first-order valence-electron chi connectivity index (χ1n) is 5.22. The van der Waals surface area contributed by atoms with Crippen LogP contribution >= 0.6 is 0 Å². The number of benzene rings is 1. The largest absolute Gasteiger partial charge is 0.359 e. The Hall–Kier alpha value is -1.46. The normalized spacial score (nSPS) is 12.2. The highest BCUT2D eigenvalue weighted by Gasteiger charge is 2.13. The molecular weight excluding hydrogens is 225 g/mol. The molecule has 0 spiro atoms. The topological polar surface area (TPSA) is 47.6 Å². The van der Waals surface area contributed by atoms with Crippen molar-refractivity contribution in [3.8, 4) is 0 Å². The van der Waals surface area contributed by atoms with Gasteiger partial charge in [-0.05, 0) is 17.7 Å². The van der Waals surface area contributed by atoms with E-state index in [0.717, 1.165) is 0 Å². The molecule has 4 nitrogen and oxygen atoms in total. The molecule has 1 rings (SSSR count). The standard InChI is InChI=1S/C12H16FNO3/c1-9(15)14-12(7-17-8-16-2)10-4-3-5-11(13)6-10/h3-6,12H,7-8H2,1-2H3,(H,14,15)/t12-/m1/s1. The van der Waals surface area contributed by atoms with Crippen LogP contribution in [0.15, 0.2) is 24.3 Å². The quantitative estimate of drug-likeness (QED) is 0.608. The molecule has 1 N–H and O–H groups in total. The van der Waals surface area contributed by atoms with Gasteiger partial charge in [-0.15, -0.1) is 0 Å². The Kier molecular flexibility index (Phi) is 5.59. The Labute approximate surface area is 99.7 Å². The van der Waals surface area contributed by atoms with Crippen molar-refractivity contribution in [3.05, 3.63) is 35.6 Å². The van der Waals surface area contributed by atoms with Crippen molar-refractivity contribution in [1.82, 2.24) is 5.32 Å². The summed E-state index contributed by atoms with van der Waals surface area (Å²) in [5.41, 5.74) is 0.663. The van der Waals surface area contributed by atoms with Crippen LogP contribution in [0.2, 0.25) is 0 Å². The second kappa shape index (κ2) is 6.98. The minimum absolute atomic E-state index is 0.130. The summed E-state index contributed by atoms with van der Waals surface area (Å²) in [6.45, 7) is 1.77. The molecule has 0 aromatic heterocycles. The molecule has 17 heavy (non-hydrogen) atoms. The first kappa shape index (κ1) is 13.6. The third-order valence-corrected chi connectivity index (χ3v) is 2.11. The zero-order valence-corrected chi connectivity index (χ0v) is 9.90. The molecule has 0 aliphatic carbocycles. The number of rotatable bonds is 6. The summed E-state index contributed by atoms with van der Waals surface area (Å²) < 4.78 is 23.0. The maximum Gasteiger partial charge on any atom is 0.217 e. The van der Waals surface area contributed by atoms with Gasteiger partial charge in [0.1, 0.15) is 12.6 Å². The third-order valence-electron chi connectivity index (χ3n) is 2.11. The van der Waals surface area contributed by atoms with Crippen molar-refractivity contribution in [3.63, 3.8) is 0 Å². The lowest BCUT2D eigenvalue weighted by molar-refractivity contribution is -0.120. The molecule has 0 radical (unpaired) electrons. The van der Waals surface area contributed by atoms with Gasteiger partial charge in [0.05, 0.1) is 12.6 Å². The maximum atomic E-state index is 13.1. The summed E-state index contributed by atoms with van der Waals surface area (Å²) >= 11 is 0. The van der Waals surface area contributed by atoms with Gasteiger partial charge in [-0.3, -0.25) is 4.79 Å². The van der Waals surface area contributed by atoms with Crippen LogP contribution in [0.1, 0.15) is 18.5 Å². The molecule has 0 aliphatic rings. The molecule has 0 bridgehead atoms. The Bertz CT molecular complexity index is 371. The number of methoxy groups -OCH3 is 1. The number of halogens is 1. The molecule has 0 aliphatic heterocycles. The van der Waals surface area contributed by atoms with E-state index in [1.807, 2.05) is 0 Å². The average Bonchev–Trinajstić information content (AvgIpc) is 2.27. The van der Waals surface area contributed by atoms with Crippen molar-refractivity contribution >= 4 is 5.91 Å². The van der Waals surface area contributed by atoms with Gasteiger partial charge >= 0.3 is 0 Å². The highest BCUT2D eigenvalue weighted by Crippen LogP contribution is 2.14. The predicted molar refractivity (Wildman–Crippen MR) is 60.8 cm³/mol. The van der Waals surface area contributed by atoms with Crippen LogP contribution in [0.4, 0.5) is 4.39 Å². The lowest BCUT2D eigenvalue weighted by atomic mass is 10.1. The van der Waals surface area contributed by atoms with Gasteiger partial charge in [-0.1, -0.05) is 12.1 Å². The van der Waals surface area contributed by atoms with E-state index >= 15 is 0 Å². The fourth-order valence-corrected chi connectivity index (χ4v) is 1.44. The van der Waals surface area contributed by atoms with Crippen molar-refractivity contribution in [2.75, 3.05) is 20.5 Å². The van der Waals surface area contributed by atoms with E-state index in [-0.39, 0.29) is 31.2 Å². The summed E-state index contributed by atoms with van der Waals surface area (Å²) in [5, 5.41) is 2.70. The maximum absolute atomic E-state index is 13.1. The van der Waals surface area contributed by atoms with E-state index in [9.17, 15) is 9.18 Å². The van der Waals surface area contributed by atoms with Crippen LogP contribution in [0, 0.1) is 5.82 Å². The molecule has 0 saturated heterocycles. The Morgan fingerprint density at radius 1 is 1.53 bits per heavy atom. The molecule has 1 aromatic rings. The van der Waals surface area contributed by atoms with Crippen LogP contribution in [0.3, 0.4) is 0 Å². The van der Waals surface area contributed by atoms with Crippen molar-refractivity contribution in [2.45, 2.75) is 13.0 Å². The number of carbonyl (C=O) groups is 1. The van der Waals surface area contributed by atoms with E-state index in [4.69, 9.17) is 9.47 Å². The number of nitrogens with one attached hydrogen (secondary N) is 1. The van der Waals surface area contributed by atoms with Gasteiger partial charge in [0.15, 0.2) is 0 Å². The van der Waals surface area contributed by atoms with E-state index in [1.165, 1.54) is 26.2 Å². The van der Waals surface area contributed by atoms with E-state index in [2.05, 4.69) is 5.32 Å². The Balaban J connectivity index is 2.70. The lowest BCUT2D eigenvalue weighted by Gasteiger charge is -2.18. The van der Waals surface area contributed by atoms with E-state index < -0.39 is 0 Å². The molecule has 0 saturated carbocycles. The smallest absolute Gasteiger partial charge is 0.217 e. The van der Waals surface area contributed by atoms with Crippen LogP contribution in [0.25, 0.3) is 0 Å². The van der Waals surface area contributed by atoms with Crippen LogP contribution in [-0.2, 0) is 14.3 Å². The third kappa shape index (κ3) is 4.93. The van der Waals surface area contributed by atoms with Gasteiger partial charge in [0.25, 0.3) is 0 Å². The second-order valence-electron chi connectivity index (χ2n) is 3.59. The highest BCUT2D eigenvalue weighted by atomic mass is 19.1. The fourth-order valence-electron chi connectivity index (χ4n) is 1.44. The number of ether oxygens (including phenoxy) is 2. The molecule has 0 heterocycles. The van der Waals surface area contributed by atoms with Gasteiger partial charge in [-0.25, -0.2) is 4.39 Å². The SMILES string of the molecule is COCOC[C@@H](NC(C)=O)c1cccc(F)c1. The van der Waals surface area contributed by atoms with Gasteiger partial charge in [-0.2, -0.15) is 0 Å². The highest BCUT2D eigenvalue weighted by molar-refractivity contribution is 5.73. The molecule has 1 aromatic carbocycles. The van der Waals surface area contributed by atoms with Crippen molar-refractivity contribution in [1.29, 1.82) is 0 Å². The summed E-state index contributed by atoms with van der Waals surface area (Å²) in [4.78, 5) is 11.1. The summed E-state index contributed by atoms with van der Waals surface area (Å²) in [6, 6.07) is 5.68. The zero-order valence-electron chi connectivity index (χ0n) is 9.90. The number of carbonyl (C=O) groups excluding carboxylic acids is 1. The van der Waals surface area contributed by atoms with E-state index in [0.29, 0.717) is 5.56 Å². The molecular formula is C12H16FNO3. The van der Waals surface area contributed by atoms with Gasteiger partial charge in [0, 0.05) is 14.0 Å². The summed E-state index contributed by atoms with van der Waals surface area (Å²) in [6.07, 6.45) is 0. The molecule has 0 fully saturated rings. The first-order valence-corrected chi connectivity index (χ1v) is 5.22. The van der Waals surface area contributed by atoms with Crippen molar-refractivity contribution < 1.29 is 18.7 Å². The van der Waals surface area contributed by atoms with Crippen LogP contribution < -0.4 is 5.32 Å². The van der Waals surface area contributed by atoms with Gasteiger partial charge < -0.3 is 14.8 Å². The van der Waals surface area contributed by atoms with Gasteiger partial charge in [0.2, 0.25) is 5.91 Å². The molecule has 94 valence electrons. The van der Waals surface area contributed by atoms with E-state index in [1.54, 1.807) is 12.1 Å². The molecule has 0 unspecified atom stereocenters. The Morgan fingerprint density at radius 3 is 2.88 bits per heavy atom. The average molecular weight is 241 g/mol. The molecule has 5 heteroatoms. The van der Waals surface area contributed by atoms with Crippen LogP contribution in [0.5, 0.6) is 0 Å². The number of amides is 1. The number of hydrogen-bond donors (Lipinski definition) is 1. The summed E-state index contributed by atoms with van der Waals surface area (Å²) in [7, 11) is 1.51. The predicted octanol–water partition coefficient (Wildman–Crippen LogP) is 1.62. The minimum atomic E-state index is -0.377. The monoisotopic (exact) mass is 241 g/mol. The number of hydrogen-bond acceptors (Lipinski definition) is 3. The minimum Gasteiger partial charge on any atom is -0.359 e. The lowest BCUT2D eigenvalue weighted by Crippen LogP contribution is -2.29. The fraction of sp³-hybridized carbons (Fsp3) is 0.417. The van der Waals surface area contributed by atoms with Crippen molar-refractivity contribution in [2.24, 2.45) is 0 Å². The molecule has 1 amide bonds.